The van der Waals surface area contributed by atoms with Crippen LogP contribution in [0.25, 0.3) is 0 Å². The van der Waals surface area contributed by atoms with Crippen molar-refractivity contribution in [3.63, 3.8) is 0 Å². The molecule has 0 bridgehead atoms. The molecule has 3 aliphatic rings. The van der Waals surface area contributed by atoms with E-state index in [0.717, 1.165) is 11.0 Å². The van der Waals surface area contributed by atoms with Gasteiger partial charge in [0.25, 0.3) is 17.7 Å². The molecule has 0 saturated carbocycles. The van der Waals surface area contributed by atoms with Crippen LogP contribution < -0.4 is 25.2 Å². The van der Waals surface area contributed by atoms with Gasteiger partial charge in [0, 0.05) is 24.3 Å². The molecule has 292 valence electrons. The van der Waals surface area contributed by atoms with Crippen LogP contribution in [0.15, 0.2) is 60.7 Å². The number of imide groups is 2. The van der Waals surface area contributed by atoms with Gasteiger partial charge in [0.15, 0.2) is 5.11 Å². The number of halogens is 1. The maximum Gasteiger partial charge on any atom is 0.264 e. The molecule has 17 heteroatoms. The second-order valence-electron chi connectivity index (χ2n) is 13.4. The van der Waals surface area contributed by atoms with Crippen molar-refractivity contribution in [2.24, 2.45) is 0 Å². The van der Waals surface area contributed by atoms with Crippen molar-refractivity contribution in [1.82, 2.24) is 10.2 Å². The highest BCUT2D eigenvalue weighted by Gasteiger charge is 2.50. The number of benzene rings is 3. The van der Waals surface area contributed by atoms with Crippen molar-refractivity contribution in [3.8, 4) is 11.8 Å². The first-order chi connectivity index (χ1) is 26.9. The Labute approximate surface area is 327 Å². The lowest BCUT2D eigenvalue weighted by Gasteiger charge is -2.29. The number of carbonyl (C=O) groups is 5. The number of nitrogens with one attached hydrogen (secondary N) is 2. The molecular weight excluding hydrogens is 748 g/mol. The topological polar surface area (TPSA) is 180 Å². The van der Waals surface area contributed by atoms with Gasteiger partial charge in [-0.05, 0) is 87.1 Å². The normalized spacial score (nSPS) is 17.7. The number of carbonyl (C=O) groups excluding carboxylic acids is 5. The molecule has 3 heterocycles. The van der Waals surface area contributed by atoms with E-state index in [1.54, 1.807) is 61.2 Å². The minimum absolute atomic E-state index is 0.0495. The lowest BCUT2D eigenvalue weighted by atomic mass is 10.0. The van der Waals surface area contributed by atoms with E-state index in [0.29, 0.717) is 69.9 Å². The van der Waals surface area contributed by atoms with Gasteiger partial charge in [-0.1, -0.05) is 6.07 Å². The standard InChI is InChI=1S/C39H39FN6O9S/c1-39(2)37(51)44(26-7-6-24(23-41)29(40)22-26)38(56)46(39)25-8-10-27(11-9-25)55-21-20-54-19-18-53-17-16-52-15-14-42-30-5-3-4-28-33(30)36(50)45(35(28)49)31-12-13-32(47)43-34(31)48/h3-11,22,31,42H,12-21H2,1-2H3,(H,43,47,48). The van der Waals surface area contributed by atoms with Crippen LogP contribution in [0.3, 0.4) is 0 Å². The van der Waals surface area contributed by atoms with Gasteiger partial charge in [0.1, 0.15) is 35.8 Å². The van der Waals surface area contributed by atoms with Gasteiger partial charge in [-0.2, -0.15) is 5.26 Å². The molecule has 15 nitrogen and oxygen atoms in total. The molecule has 1 unspecified atom stereocenters. The molecule has 3 aromatic rings. The van der Waals surface area contributed by atoms with Gasteiger partial charge in [0.05, 0.1) is 62.0 Å². The number of hydrogen-bond acceptors (Lipinski definition) is 12. The zero-order valence-electron chi connectivity index (χ0n) is 30.7. The number of nitriles is 1. The number of fused-ring (bicyclic) bond motifs is 1. The highest BCUT2D eigenvalue weighted by Crippen LogP contribution is 2.37. The Bertz CT molecular complexity index is 2090. The van der Waals surface area contributed by atoms with E-state index in [2.05, 4.69) is 10.6 Å². The summed E-state index contributed by atoms with van der Waals surface area (Å²) in [4.78, 5) is 67.3. The van der Waals surface area contributed by atoms with E-state index in [9.17, 15) is 28.4 Å². The number of anilines is 3. The summed E-state index contributed by atoms with van der Waals surface area (Å²) < 4.78 is 36.9. The fourth-order valence-corrected chi connectivity index (χ4v) is 7.08. The van der Waals surface area contributed by atoms with E-state index < -0.39 is 41.0 Å². The third-order valence-electron chi connectivity index (χ3n) is 9.36. The van der Waals surface area contributed by atoms with E-state index in [1.807, 2.05) is 0 Å². The summed E-state index contributed by atoms with van der Waals surface area (Å²) in [6.45, 7) is 6.10. The number of piperidine rings is 1. The first-order valence-electron chi connectivity index (χ1n) is 17.9. The van der Waals surface area contributed by atoms with Crippen molar-refractivity contribution < 1.29 is 47.3 Å². The van der Waals surface area contributed by atoms with Crippen molar-refractivity contribution in [3.05, 3.63) is 83.2 Å². The predicted molar refractivity (Wildman–Crippen MR) is 204 cm³/mol. The number of ether oxygens (including phenoxy) is 4. The van der Waals surface area contributed by atoms with Gasteiger partial charge in [-0.25, -0.2) is 4.39 Å². The zero-order chi connectivity index (χ0) is 40.0. The molecule has 2 fully saturated rings. The Morgan fingerprint density at radius 1 is 0.893 bits per heavy atom. The Kier molecular flexibility index (Phi) is 12.3. The highest BCUT2D eigenvalue weighted by molar-refractivity contribution is 7.81. The molecule has 3 aliphatic heterocycles. The Hall–Kier alpha value is -5.80. The molecule has 0 aliphatic carbocycles. The molecule has 6 rings (SSSR count). The molecule has 56 heavy (non-hydrogen) atoms. The smallest absolute Gasteiger partial charge is 0.264 e. The van der Waals surface area contributed by atoms with Crippen molar-refractivity contribution in [2.75, 3.05) is 67.9 Å². The highest BCUT2D eigenvalue weighted by atomic mass is 32.1. The largest absolute Gasteiger partial charge is 0.491 e. The number of amides is 5. The first-order valence-corrected chi connectivity index (χ1v) is 18.3. The van der Waals surface area contributed by atoms with Crippen LogP contribution in [0.4, 0.5) is 21.5 Å². The summed E-state index contributed by atoms with van der Waals surface area (Å²) in [6, 6.07) is 16.6. The quantitative estimate of drug-likeness (QED) is 0.115. The maximum atomic E-state index is 14.3. The summed E-state index contributed by atoms with van der Waals surface area (Å²) in [5, 5.41) is 14.5. The van der Waals surface area contributed by atoms with Crippen LogP contribution in [-0.4, -0.2) is 104 Å². The van der Waals surface area contributed by atoms with Gasteiger partial charge >= 0.3 is 0 Å². The first kappa shape index (κ1) is 39.9. The number of nitrogens with zero attached hydrogens (tertiary/aromatic N) is 4. The van der Waals surface area contributed by atoms with Crippen molar-refractivity contribution in [1.29, 1.82) is 5.26 Å². The van der Waals surface area contributed by atoms with Crippen LogP contribution in [0.1, 0.15) is 53.0 Å². The minimum atomic E-state index is -1.05. The Morgan fingerprint density at radius 3 is 2.21 bits per heavy atom. The average Bonchev–Trinajstić information content (AvgIpc) is 3.53. The van der Waals surface area contributed by atoms with E-state index >= 15 is 0 Å². The molecule has 2 N–H and O–H groups in total. The van der Waals surface area contributed by atoms with Gasteiger partial charge in [0.2, 0.25) is 11.8 Å². The Morgan fingerprint density at radius 2 is 1.55 bits per heavy atom. The summed E-state index contributed by atoms with van der Waals surface area (Å²) in [6.07, 6.45) is 0.136. The maximum absolute atomic E-state index is 14.3. The molecule has 1 atom stereocenters. The minimum Gasteiger partial charge on any atom is -0.491 e. The van der Waals surface area contributed by atoms with Crippen LogP contribution >= 0.6 is 12.2 Å². The summed E-state index contributed by atoms with van der Waals surface area (Å²) in [7, 11) is 0. The number of hydrogen-bond donors (Lipinski definition) is 2. The SMILES string of the molecule is CC1(C)C(=O)N(c2ccc(C#N)c(F)c2)C(=S)N1c1ccc(OCCOCCOCCOCCNc2cccc3c2C(=O)N(C2CCC(=O)NC2=O)C3=O)cc1. The molecule has 0 radical (unpaired) electrons. The van der Waals surface area contributed by atoms with Crippen LogP contribution in [-0.2, 0) is 28.6 Å². The molecule has 0 aromatic heterocycles. The third-order valence-corrected chi connectivity index (χ3v) is 9.73. The number of thiocarbonyl (C=S) groups is 1. The molecule has 3 aromatic carbocycles. The predicted octanol–water partition coefficient (Wildman–Crippen LogP) is 3.56. The monoisotopic (exact) mass is 786 g/mol. The molecular formula is C39H39FN6O9S. The lowest BCUT2D eigenvalue weighted by Crippen LogP contribution is -2.54. The zero-order valence-corrected chi connectivity index (χ0v) is 31.5. The lowest BCUT2D eigenvalue weighted by molar-refractivity contribution is -0.136. The summed E-state index contributed by atoms with van der Waals surface area (Å²) in [5.74, 6) is -2.71. The molecule has 5 amide bonds. The average molecular weight is 787 g/mol. The molecule has 2 saturated heterocycles. The second-order valence-corrected chi connectivity index (χ2v) is 13.7. The van der Waals surface area contributed by atoms with Crippen molar-refractivity contribution >= 4 is 63.9 Å². The van der Waals surface area contributed by atoms with Crippen LogP contribution in [0.2, 0.25) is 0 Å². The van der Waals surface area contributed by atoms with E-state index in [4.69, 9.17) is 36.4 Å². The van der Waals surface area contributed by atoms with Gasteiger partial charge in [-0.15, -0.1) is 0 Å². The fraction of sp³-hybridized carbons (Fsp3) is 0.359. The molecule has 0 spiro atoms. The summed E-state index contributed by atoms with van der Waals surface area (Å²) in [5.41, 5.74) is 0.562. The summed E-state index contributed by atoms with van der Waals surface area (Å²) >= 11 is 5.65. The fourth-order valence-electron chi connectivity index (χ4n) is 6.56. The van der Waals surface area contributed by atoms with Crippen molar-refractivity contribution in [2.45, 2.75) is 38.3 Å². The number of rotatable bonds is 17. The van der Waals surface area contributed by atoms with Gasteiger partial charge < -0.3 is 29.2 Å². The Balaban J connectivity index is 0.841. The van der Waals surface area contributed by atoms with Crippen LogP contribution in [0.5, 0.6) is 5.75 Å². The van der Waals surface area contributed by atoms with E-state index in [1.165, 1.54) is 23.1 Å². The van der Waals surface area contributed by atoms with E-state index in [-0.39, 0.29) is 46.2 Å². The van der Waals surface area contributed by atoms with Crippen LogP contribution in [0, 0.1) is 17.1 Å². The van der Waals surface area contributed by atoms with Gasteiger partial charge in [-0.3, -0.25) is 39.1 Å². The third kappa shape index (κ3) is 8.23. The second kappa shape index (κ2) is 17.3.